The zero-order valence-corrected chi connectivity index (χ0v) is 14.0. The van der Waals surface area contributed by atoms with Gasteiger partial charge in [0.05, 0.1) is 6.61 Å². The lowest BCUT2D eigenvalue weighted by atomic mass is 10.1. The van der Waals surface area contributed by atoms with Gasteiger partial charge in [-0.1, -0.05) is 28.1 Å². The van der Waals surface area contributed by atoms with Crippen molar-refractivity contribution in [3.8, 4) is 5.75 Å². The number of amides is 2. The van der Waals surface area contributed by atoms with E-state index < -0.39 is 0 Å². The average Bonchev–Trinajstić information content (AvgIpc) is 2.50. The van der Waals surface area contributed by atoms with Crippen LogP contribution in [0.1, 0.15) is 12.5 Å². The minimum atomic E-state index is -0.209. The highest BCUT2D eigenvalue weighted by atomic mass is 79.9. The van der Waals surface area contributed by atoms with Crippen LogP contribution in [0.15, 0.2) is 53.0 Å². The quantitative estimate of drug-likeness (QED) is 0.808. The van der Waals surface area contributed by atoms with Gasteiger partial charge in [-0.25, -0.2) is 4.79 Å². The topological polar surface area (TPSA) is 50.4 Å². The zero-order chi connectivity index (χ0) is 15.8. The van der Waals surface area contributed by atoms with Crippen LogP contribution in [0.2, 0.25) is 0 Å². The first kappa shape index (κ1) is 16.4. The van der Waals surface area contributed by atoms with Gasteiger partial charge in [-0.05, 0) is 55.3 Å². The molecule has 4 nitrogen and oxygen atoms in total. The molecule has 116 valence electrons. The average molecular weight is 363 g/mol. The fourth-order valence-electron chi connectivity index (χ4n) is 1.99. The third-order valence-corrected chi connectivity index (χ3v) is 3.50. The number of carbonyl (C=O) groups excluding carboxylic acids is 1. The molecule has 2 aromatic carbocycles. The lowest BCUT2D eigenvalue weighted by Gasteiger charge is -2.09. The van der Waals surface area contributed by atoms with E-state index in [0.29, 0.717) is 13.2 Å². The Morgan fingerprint density at radius 3 is 2.64 bits per heavy atom. The van der Waals surface area contributed by atoms with E-state index in [1.54, 1.807) is 0 Å². The van der Waals surface area contributed by atoms with Gasteiger partial charge in [-0.3, -0.25) is 0 Å². The normalized spacial score (nSPS) is 10.1. The van der Waals surface area contributed by atoms with E-state index in [9.17, 15) is 4.79 Å². The lowest BCUT2D eigenvalue weighted by Crippen LogP contribution is -2.30. The predicted molar refractivity (Wildman–Crippen MR) is 92.5 cm³/mol. The second-order valence-electron chi connectivity index (χ2n) is 4.72. The Kier molecular flexibility index (Phi) is 6.27. The Hall–Kier alpha value is -2.01. The van der Waals surface area contributed by atoms with Crippen LogP contribution in [0.25, 0.3) is 0 Å². The lowest BCUT2D eigenvalue weighted by molar-refractivity contribution is 0.252. The number of nitrogens with one attached hydrogen (secondary N) is 2. The highest BCUT2D eigenvalue weighted by Gasteiger charge is 2.02. The molecule has 0 aliphatic heterocycles. The van der Waals surface area contributed by atoms with Crippen molar-refractivity contribution in [2.75, 3.05) is 18.5 Å². The minimum Gasteiger partial charge on any atom is -0.494 e. The first-order valence-electron chi connectivity index (χ1n) is 7.19. The number of hydrogen-bond donors (Lipinski definition) is 2. The molecule has 0 aliphatic carbocycles. The first-order valence-corrected chi connectivity index (χ1v) is 7.99. The Labute approximate surface area is 139 Å². The monoisotopic (exact) mass is 362 g/mol. The van der Waals surface area contributed by atoms with Gasteiger partial charge in [0.1, 0.15) is 5.75 Å². The van der Waals surface area contributed by atoms with Crippen LogP contribution < -0.4 is 15.4 Å². The molecule has 0 bridgehead atoms. The highest BCUT2D eigenvalue weighted by Crippen LogP contribution is 2.15. The van der Waals surface area contributed by atoms with Crippen molar-refractivity contribution in [2.24, 2.45) is 0 Å². The third-order valence-electron chi connectivity index (χ3n) is 3.01. The number of carbonyl (C=O) groups is 1. The molecule has 0 saturated carbocycles. The van der Waals surface area contributed by atoms with E-state index in [0.717, 1.165) is 22.3 Å². The van der Waals surface area contributed by atoms with Crippen LogP contribution in [0, 0.1) is 0 Å². The fourth-order valence-corrected chi connectivity index (χ4v) is 2.44. The van der Waals surface area contributed by atoms with Crippen molar-refractivity contribution in [1.82, 2.24) is 5.32 Å². The zero-order valence-electron chi connectivity index (χ0n) is 12.4. The Bertz CT molecular complexity index is 614. The Morgan fingerprint density at radius 1 is 1.18 bits per heavy atom. The summed E-state index contributed by atoms with van der Waals surface area (Å²) in [5.74, 6) is 0.795. The van der Waals surface area contributed by atoms with E-state index in [-0.39, 0.29) is 6.03 Å². The summed E-state index contributed by atoms with van der Waals surface area (Å²) in [5, 5.41) is 5.64. The minimum absolute atomic E-state index is 0.209. The first-order chi connectivity index (χ1) is 10.7. The summed E-state index contributed by atoms with van der Waals surface area (Å²) in [6, 6.07) is 15.1. The molecule has 0 aromatic heterocycles. The number of halogens is 1. The molecule has 22 heavy (non-hydrogen) atoms. The fraction of sp³-hybridized carbons (Fsp3) is 0.235. The second kappa shape index (κ2) is 8.44. The smallest absolute Gasteiger partial charge is 0.319 e. The Balaban J connectivity index is 1.75. The number of anilines is 1. The van der Waals surface area contributed by atoms with Crippen molar-refractivity contribution in [3.05, 3.63) is 58.6 Å². The van der Waals surface area contributed by atoms with Gasteiger partial charge in [-0.15, -0.1) is 0 Å². The van der Waals surface area contributed by atoms with E-state index in [4.69, 9.17) is 4.74 Å². The molecule has 0 aliphatic rings. The summed E-state index contributed by atoms with van der Waals surface area (Å²) in [6.07, 6.45) is 0.788. The molecule has 0 radical (unpaired) electrons. The van der Waals surface area contributed by atoms with Gasteiger partial charge in [0.2, 0.25) is 0 Å². The second-order valence-corrected chi connectivity index (χ2v) is 5.63. The van der Waals surface area contributed by atoms with Gasteiger partial charge in [-0.2, -0.15) is 0 Å². The van der Waals surface area contributed by atoms with Gasteiger partial charge in [0.15, 0.2) is 0 Å². The van der Waals surface area contributed by atoms with Crippen molar-refractivity contribution in [2.45, 2.75) is 13.3 Å². The highest BCUT2D eigenvalue weighted by molar-refractivity contribution is 9.10. The summed E-state index contributed by atoms with van der Waals surface area (Å²) >= 11 is 3.43. The SMILES string of the molecule is CCOc1ccc(NC(=O)NCCc2cccc(Br)c2)cc1. The predicted octanol–water partition coefficient (Wildman–Crippen LogP) is 4.21. The molecule has 2 rings (SSSR count). The Morgan fingerprint density at radius 2 is 1.95 bits per heavy atom. The maximum Gasteiger partial charge on any atom is 0.319 e. The third kappa shape index (κ3) is 5.41. The van der Waals surface area contributed by atoms with Crippen molar-refractivity contribution < 1.29 is 9.53 Å². The molecule has 2 N–H and O–H groups in total. The number of rotatable bonds is 6. The molecular weight excluding hydrogens is 344 g/mol. The summed E-state index contributed by atoms with van der Waals surface area (Å²) < 4.78 is 6.40. The molecule has 0 atom stereocenters. The molecular formula is C17H19BrN2O2. The molecule has 0 unspecified atom stereocenters. The summed E-state index contributed by atoms with van der Waals surface area (Å²) in [7, 11) is 0. The van der Waals surface area contributed by atoms with Gasteiger partial charge in [0, 0.05) is 16.7 Å². The van der Waals surface area contributed by atoms with Gasteiger partial charge >= 0.3 is 6.03 Å². The van der Waals surface area contributed by atoms with Crippen LogP contribution in [-0.2, 0) is 6.42 Å². The van der Waals surface area contributed by atoms with Crippen LogP contribution in [0.3, 0.4) is 0 Å². The molecule has 0 heterocycles. The summed E-state index contributed by atoms with van der Waals surface area (Å²) in [6.45, 7) is 3.15. The standard InChI is InChI=1S/C17H19BrN2O2/c1-2-22-16-8-6-15(7-9-16)20-17(21)19-11-10-13-4-3-5-14(18)12-13/h3-9,12H,2,10-11H2,1H3,(H2,19,20,21). The summed E-state index contributed by atoms with van der Waals surface area (Å²) in [5.41, 5.74) is 1.92. The maximum atomic E-state index is 11.8. The number of urea groups is 1. The van der Waals surface area contributed by atoms with Crippen LogP contribution >= 0.6 is 15.9 Å². The van der Waals surface area contributed by atoms with Crippen LogP contribution in [0.4, 0.5) is 10.5 Å². The molecule has 0 saturated heterocycles. The van der Waals surface area contributed by atoms with E-state index in [1.807, 2.05) is 55.5 Å². The molecule has 2 amide bonds. The largest absolute Gasteiger partial charge is 0.494 e. The van der Waals surface area contributed by atoms with Gasteiger partial charge < -0.3 is 15.4 Å². The van der Waals surface area contributed by atoms with Crippen LogP contribution in [0.5, 0.6) is 5.75 Å². The summed E-state index contributed by atoms with van der Waals surface area (Å²) in [4.78, 5) is 11.8. The van der Waals surface area contributed by atoms with E-state index in [2.05, 4.69) is 26.6 Å². The molecule has 0 spiro atoms. The van der Waals surface area contributed by atoms with E-state index in [1.165, 1.54) is 5.56 Å². The number of ether oxygens (including phenoxy) is 1. The molecule has 2 aromatic rings. The number of hydrogen-bond acceptors (Lipinski definition) is 2. The van der Waals surface area contributed by atoms with Crippen molar-refractivity contribution in [1.29, 1.82) is 0 Å². The van der Waals surface area contributed by atoms with E-state index >= 15 is 0 Å². The van der Waals surface area contributed by atoms with Crippen LogP contribution in [-0.4, -0.2) is 19.2 Å². The maximum absolute atomic E-state index is 11.8. The van der Waals surface area contributed by atoms with Gasteiger partial charge in [0.25, 0.3) is 0 Å². The molecule has 5 heteroatoms. The van der Waals surface area contributed by atoms with Crippen molar-refractivity contribution >= 4 is 27.6 Å². The van der Waals surface area contributed by atoms with Crippen molar-refractivity contribution in [3.63, 3.8) is 0 Å². The molecule has 0 fully saturated rings. The number of benzene rings is 2.